The van der Waals surface area contributed by atoms with Gasteiger partial charge in [-0.1, -0.05) is 34.4 Å². The third-order valence-electron chi connectivity index (χ3n) is 2.44. The number of amides is 1. The van der Waals surface area contributed by atoms with Crippen molar-refractivity contribution in [3.8, 4) is 0 Å². The van der Waals surface area contributed by atoms with Crippen molar-refractivity contribution < 1.29 is 10.0 Å². The molecule has 1 aromatic heterocycles. The molecule has 0 atom stereocenters. The molecule has 0 saturated carbocycles. The summed E-state index contributed by atoms with van der Waals surface area (Å²) in [7, 11) is 0. The first-order chi connectivity index (χ1) is 9.52. The van der Waals surface area contributed by atoms with Crippen molar-refractivity contribution in [1.29, 1.82) is 0 Å². The summed E-state index contributed by atoms with van der Waals surface area (Å²) in [6, 6.07) is 4.82. The molecule has 0 spiro atoms. The summed E-state index contributed by atoms with van der Waals surface area (Å²) in [6.07, 6.45) is 0. The van der Waals surface area contributed by atoms with Crippen molar-refractivity contribution in [2.24, 2.45) is 5.16 Å². The molecule has 20 heavy (non-hydrogen) atoms. The Labute approximate surface area is 128 Å². The fraction of sp³-hybridized carbons (Fsp3) is 0.0833. The number of aromatic nitrogens is 1. The second-order valence-corrected chi connectivity index (χ2v) is 5.45. The lowest BCUT2D eigenvalue weighted by atomic mass is 10.2. The Morgan fingerprint density at radius 1 is 1.40 bits per heavy atom. The summed E-state index contributed by atoms with van der Waals surface area (Å²) >= 11 is 13.1. The van der Waals surface area contributed by atoms with Gasteiger partial charge in [0.15, 0.2) is 5.13 Å². The van der Waals surface area contributed by atoms with Gasteiger partial charge in [-0.05, 0) is 19.1 Å². The molecule has 2 N–H and O–H groups in total. The average molecular weight is 330 g/mol. The van der Waals surface area contributed by atoms with E-state index in [0.29, 0.717) is 16.5 Å². The lowest BCUT2D eigenvalue weighted by molar-refractivity contribution is 0.102. The van der Waals surface area contributed by atoms with Gasteiger partial charge in [-0.15, -0.1) is 11.3 Å². The van der Waals surface area contributed by atoms with E-state index in [9.17, 15) is 4.79 Å². The van der Waals surface area contributed by atoms with Crippen LogP contribution in [0.4, 0.5) is 5.13 Å². The second kappa shape index (κ2) is 6.21. The van der Waals surface area contributed by atoms with Crippen LogP contribution in [0.2, 0.25) is 10.0 Å². The number of nitrogens with zero attached hydrogens (tertiary/aromatic N) is 2. The highest BCUT2D eigenvalue weighted by molar-refractivity contribution is 7.14. The smallest absolute Gasteiger partial charge is 0.260 e. The first-order valence-electron chi connectivity index (χ1n) is 5.43. The Morgan fingerprint density at radius 2 is 2.05 bits per heavy atom. The van der Waals surface area contributed by atoms with Gasteiger partial charge in [-0.25, -0.2) is 4.98 Å². The number of thiazole rings is 1. The summed E-state index contributed by atoms with van der Waals surface area (Å²) in [5.41, 5.74) is 1.04. The Hall–Kier alpha value is -1.63. The summed E-state index contributed by atoms with van der Waals surface area (Å²) in [5.74, 6) is -0.444. The van der Waals surface area contributed by atoms with Crippen molar-refractivity contribution in [3.63, 3.8) is 0 Å². The minimum Gasteiger partial charge on any atom is -0.411 e. The normalized spacial score (nSPS) is 11.4. The van der Waals surface area contributed by atoms with Gasteiger partial charge in [-0.3, -0.25) is 10.1 Å². The van der Waals surface area contributed by atoms with E-state index in [-0.39, 0.29) is 15.6 Å². The number of benzene rings is 1. The van der Waals surface area contributed by atoms with Crippen LogP contribution >= 0.6 is 34.5 Å². The van der Waals surface area contributed by atoms with Crippen molar-refractivity contribution in [3.05, 3.63) is 44.9 Å². The minimum absolute atomic E-state index is 0.195. The van der Waals surface area contributed by atoms with Crippen LogP contribution in [-0.4, -0.2) is 21.8 Å². The number of hydrogen-bond acceptors (Lipinski definition) is 5. The van der Waals surface area contributed by atoms with E-state index in [1.807, 2.05) is 0 Å². The molecule has 2 rings (SSSR count). The fourth-order valence-corrected chi connectivity index (χ4v) is 2.74. The number of oxime groups is 1. The standard InChI is InChI=1S/C12H9Cl2N3O2S/c1-6(17-19)9-5-20-12(15-9)16-11(18)10-7(13)3-2-4-8(10)14/h2-5,19H,1H3,(H,15,16,18). The molecular formula is C12H9Cl2N3O2S. The molecule has 0 fully saturated rings. The predicted octanol–water partition coefficient (Wildman–Crippen LogP) is 3.90. The summed E-state index contributed by atoms with van der Waals surface area (Å²) in [6.45, 7) is 1.60. The van der Waals surface area contributed by atoms with E-state index < -0.39 is 5.91 Å². The number of carbonyl (C=O) groups is 1. The molecule has 5 nitrogen and oxygen atoms in total. The average Bonchev–Trinajstić information content (AvgIpc) is 2.86. The van der Waals surface area contributed by atoms with Crippen LogP contribution in [0.1, 0.15) is 23.0 Å². The SMILES string of the molecule is CC(=NO)c1csc(NC(=O)c2c(Cl)cccc2Cl)n1. The van der Waals surface area contributed by atoms with Gasteiger partial charge in [0.25, 0.3) is 5.91 Å². The molecule has 0 radical (unpaired) electrons. The molecule has 0 aliphatic rings. The zero-order valence-corrected chi connectivity index (χ0v) is 12.6. The molecule has 1 aromatic carbocycles. The van der Waals surface area contributed by atoms with Gasteiger partial charge in [0, 0.05) is 5.38 Å². The maximum Gasteiger partial charge on any atom is 0.260 e. The summed E-state index contributed by atoms with van der Waals surface area (Å²) in [4.78, 5) is 16.2. The number of hydrogen-bond donors (Lipinski definition) is 2. The number of anilines is 1. The van der Waals surface area contributed by atoms with Crippen molar-refractivity contribution in [1.82, 2.24) is 4.98 Å². The van der Waals surface area contributed by atoms with Crippen LogP contribution < -0.4 is 5.32 Å². The predicted molar refractivity (Wildman–Crippen MR) is 80.5 cm³/mol. The van der Waals surface area contributed by atoms with E-state index in [1.165, 1.54) is 11.3 Å². The molecule has 2 aromatic rings. The zero-order chi connectivity index (χ0) is 14.7. The third kappa shape index (κ3) is 3.09. The molecule has 0 aliphatic carbocycles. The highest BCUT2D eigenvalue weighted by Crippen LogP contribution is 2.26. The largest absolute Gasteiger partial charge is 0.411 e. The quantitative estimate of drug-likeness (QED) is 0.509. The van der Waals surface area contributed by atoms with Crippen LogP contribution in [0.3, 0.4) is 0 Å². The van der Waals surface area contributed by atoms with Crippen LogP contribution in [0, 0.1) is 0 Å². The first-order valence-corrected chi connectivity index (χ1v) is 7.06. The van der Waals surface area contributed by atoms with Gasteiger partial charge in [0.1, 0.15) is 11.4 Å². The molecule has 0 unspecified atom stereocenters. The van der Waals surface area contributed by atoms with Crippen LogP contribution in [-0.2, 0) is 0 Å². The number of carbonyl (C=O) groups excluding carboxylic acids is 1. The van der Waals surface area contributed by atoms with E-state index in [2.05, 4.69) is 15.5 Å². The Morgan fingerprint density at radius 3 is 2.65 bits per heavy atom. The molecule has 0 saturated heterocycles. The van der Waals surface area contributed by atoms with Gasteiger partial charge in [-0.2, -0.15) is 0 Å². The highest BCUT2D eigenvalue weighted by atomic mass is 35.5. The molecule has 0 bridgehead atoms. The Bertz CT molecular complexity index is 665. The number of nitrogens with one attached hydrogen (secondary N) is 1. The van der Waals surface area contributed by atoms with Gasteiger partial charge >= 0.3 is 0 Å². The summed E-state index contributed by atoms with van der Waals surface area (Å²) in [5, 5.41) is 16.9. The maximum absolute atomic E-state index is 12.1. The molecule has 8 heteroatoms. The van der Waals surface area contributed by atoms with E-state index in [1.54, 1.807) is 30.5 Å². The topological polar surface area (TPSA) is 74.6 Å². The second-order valence-electron chi connectivity index (χ2n) is 3.77. The van der Waals surface area contributed by atoms with Crippen molar-refractivity contribution >= 4 is 51.3 Å². The van der Waals surface area contributed by atoms with Gasteiger partial charge < -0.3 is 5.21 Å². The third-order valence-corrected chi connectivity index (χ3v) is 3.82. The molecule has 1 heterocycles. The van der Waals surface area contributed by atoms with Crippen molar-refractivity contribution in [2.75, 3.05) is 5.32 Å². The minimum atomic E-state index is -0.444. The zero-order valence-electron chi connectivity index (χ0n) is 10.2. The molecule has 0 aliphatic heterocycles. The summed E-state index contributed by atoms with van der Waals surface area (Å²) < 4.78 is 0. The van der Waals surface area contributed by atoms with Crippen LogP contribution in [0.5, 0.6) is 0 Å². The van der Waals surface area contributed by atoms with Gasteiger partial charge in [0.2, 0.25) is 0 Å². The van der Waals surface area contributed by atoms with Gasteiger partial charge in [0.05, 0.1) is 15.6 Å². The Kier molecular flexibility index (Phi) is 4.59. The maximum atomic E-state index is 12.1. The van der Waals surface area contributed by atoms with E-state index in [0.717, 1.165) is 0 Å². The lowest BCUT2D eigenvalue weighted by Crippen LogP contribution is -2.13. The number of rotatable bonds is 3. The number of halogens is 2. The monoisotopic (exact) mass is 329 g/mol. The highest BCUT2D eigenvalue weighted by Gasteiger charge is 2.16. The van der Waals surface area contributed by atoms with Crippen LogP contribution in [0.15, 0.2) is 28.7 Å². The molecular weight excluding hydrogens is 321 g/mol. The lowest BCUT2D eigenvalue weighted by Gasteiger charge is -2.05. The van der Waals surface area contributed by atoms with Crippen molar-refractivity contribution in [2.45, 2.75) is 6.92 Å². The molecule has 104 valence electrons. The van der Waals surface area contributed by atoms with Crippen LogP contribution in [0.25, 0.3) is 0 Å². The molecule has 1 amide bonds. The first kappa shape index (κ1) is 14.8. The van der Waals surface area contributed by atoms with E-state index in [4.69, 9.17) is 28.4 Å². The van der Waals surface area contributed by atoms with E-state index >= 15 is 0 Å². The fourth-order valence-electron chi connectivity index (χ4n) is 1.42. The Balaban J connectivity index is 2.22.